The Morgan fingerprint density at radius 1 is 1.20 bits per heavy atom. The molecule has 0 aliphatic heterocycles. The molecule has 0 bridgehead atoms. The molecule has 0 spiro atoms. The quantitative estimate of drug-likeness (QED) is 0.669. The number of halogens is 1. The van der Waals surface area contributed by atoms with E-state index in [4.69, 9.17) is 0 Å². The summed E-state index contributed by atoms with van der Waals surface area (Å²) in [7, 11) is -3.89. The van der Waals surface area contributed by atoms with Crippen LogP contribution in [0, 0.1) is 13.8 Å². The SMILES string of the molecule is Cc1cc(C)n(C(=O)c2cc(S(=O)(=O)Nc3ccc(Br)cc3)[nH]n2)n1. The van der Waals surface area contributed by atoms with Crippen LogP contribution in [0.5, 0.6) is 0 Å². The molecule has 0 saturated heterocycles. The summed E-state index contributed by atoms with van der Waals surface area (Å²) in [5, 5.41) is 10.1. The minimum atomic E-state index is -3.89. The molecule has 0 amide bonds. The molecule has 1 aromatic carbocycles. The standard InChI is InChI=1S/C15H14BrN5O3S/c1-9-7-10(2)21(19-9)15(22)13-8-14(18-17-13)25(23,24)20-12-5-3-11(16)4-6-12/h3-8,20H,1-2H3,(H,17,18). The zero-order valence-electron chi connectivity index (χ0n) is 13.3. The van der Waals surface area contributed by atoms with Gasteiger partial charge in [0.15, 0.2) is 10.7 Å². The smallest absolute Gasteiger partial charge is 0.278 e. The first-order valence-corrected chi connectivity index (χ1v) is 9.45. The molecule has 0 unspecified atom stereocenters. The van der Waals surface area contributed by atoms with Crippen LogP contribution >= 0.6 is 15.9 Å². The predicted octanol–water partition coefficient (Wildman–Crippen LogP) is 2.47. The van der Waals surface area contributed by atoms with Crippen molar-refractivity contribution < 1.29 is 13.2 Å². The highest BCUT2D eigenvalue weighted by Gasteiger charge is 2.22. The van der Waals surface area contributed by atoms with Crippen LogP contribution in [-0.4, -0.2) is 34.3 Å². The van der Waals surface area contributed by atoms with E-state index in [0.717, 1.165) is 4.47 Å². The molecule has 25 heavy (non-hydrogen) atoms. The summed E-state index contributed by atoms with van der Waals surface area (Å²) in [6.45, 7) is 3.50. The Kier molecular flexibility index (Phi) is 4.48. The van der Waals surface area contributed by atoms with Gasteiger partial charge in [-0.05, 0) is 44.2 Å². The summed E-state index contributed by atoms with van der Waals surface area (Å²) in [6.07, 6.45) is 0. The summed E-state index contributed by atoms with van der Waals surface area (Å²) in [6, 6.07) is 9.57. The molecule has 2 heterocycles. The highest BCUT2D eigenvalue weighted by Crippen LogP contribution is 2.18. The lowest BCUT2D eigenvalue weighted by Gasteiger charge is -2.05. The highest BCUT2D eigenvalue weighted by molar-refractivity contribution is 9.10. The number of aromatic amines is 1. The van der Waals surface area contributed by atoms with Gasteiger partial charge in [0.2, 0.25) is 0 Å². The average molecular weight is 424 g/mol. The van der Waals surface area contributed by atoms with Gasteiger partial charge in [-0.3, -0.25) is 14.6 Å². The number of H-pyrrole nitrogens is 1. The summed E-state index contributed by atoms with van der Waals surface area (Å²) in [4.78, 5) is 12.4. The lowest BCUT2D eigenvalue weighted by Crippen LogP contribution is -2.16. The summed E-state index contributed by atoms with van der Waals surface area (Å²) < 4.78 is 29.2. The molecule has 2 aromatic heterocycles. The molecule has 0 aliphatic rings. The van der Waals surface area contributed by atoms with Gasteiger partial charge in [-0.2, -0.15) is 23.3 Å². The molecule has 0 saturated carbocycles. The van der Waals surface area contributed by atoms with Crippen molar-refractivity contribution in [2.24, 2.45) is 0 Å². The number of hydrogen-bond donors (Lipinski definition) is 2. The van der Waals surface area contributed by atoms with E-state index in [-0.39, 0.29) is 10.7 Å². The second kappa shape index (κ2) is 6.45. The topological polar surface area (TPSA) is 110 Å². The van der Waals surface area contributed by atoms with Crippen molar-refractivity contribution in [1.29, 1.82) is 0 Å². The van der Waals surface area contributed by atoms with E-state index >= 15 is 0 Å². The second-order valence-electron chi connectivity index (χ2n) is 5.37. The first-order valence-electron chi connectivity index (χ1n) is 7.18. The van der Waals surface area contributed by atoms with Crippen molar-refractivity contribution in [2.75, 3.05) is 4.72 Å². The Balaban J connectivity index is 1.86. The minimum absolute atomic E-state index is 0.0395. The number of rotatable bonds is 4. The largest absolute Gasteiger partial charge is 0.298 e. The summed E-state index contributed by atoms with van der Waals surface area (Å²) >= 11 is 3.28. The van der Waals surface area contributed by atoms with Gasteiger partial charge in [0, 0.05) is 21.9 Å². The fourth-order valence-electron chi connectivity index (χ4n) is 2.22. The fraction of sp³-hybridized carbons (Fsp3) is 0.133. The molecule has 2 N–H and O–H groups in total. The molecule has 3 aromatic rings. The van der Waals surface area contributed by atoms with Gasteiger partial charge in [0.25, 0.3) is 15.9 Å². The Hall–Kier alpha value is -2.46. The van der Waals surface area contributed by atoms with E-state index in [9.17, 15) is 13.2 Å². The molecule has 0 atom stereocenters. The van der Waals surface area contributed by atoms with Crippen molar-refractivity contribution in [2.45, 2.75) is 18.9 Å². The number of aryl methyl sites for hydroxylation is 2. The number of aromatic nitrogens is 4. The van der Waals surface area contributed by atoms with Crippen LogP contribution < -0.4 is 4.72 Å². The molecule has 0 radical (unpaired) electrons. The molecular weight excluding hydrogens is 410 g/mol. The predicted molar refractivity (Wildman–Crippen MR) is 95.0 cm³/mol. The first kappa shape index (κ1) is 17.4. The van der Waals surface area contributed by atoms with E-state index in [1.54, 1.807) is 44.2 Å². The van der Waals surface area contributed by atoms with Crippen molar-refractivity contribution in [3.8, 4) is 0 Å². The maximum Gasteiger partial charge on any atom is 0.298 e. The maximum atomic E-state index is 12.4. The van der Waals surface area contributed by atoms with Crippen LogP contribution in [0.3, 0.4) is 0 Å². The minimum Gasteiger partial charge on any atom is -0.278 e. The molecule has 130 valence electrons. The van der Waals surface area contributed by atoms with Crippen molar-refractivity contribution in [3.63, 3.8) is 0 Å². The third kappa shape index (κ3) is 3.64. The van der Waals surface area contributed by atoms with Gasteiger partial charge in [0.05, 0.1) is 5.69 Å². The van der Waals surface area contributed by atoms with E-state index in [0.29, 0.717) is 17.1 Å². The monoisotopic (exact) mass is 423 g/mol. The molecular formula is C15H14BrN5O3S. The number of sulfonamides is 1. The van der Waals surface area contributed by atoms with Crippen LogP contribution in [0.1, 0.15) is 21.9 Å². The number of benzene rings is 1. The summed E-state index contributed by atoms with van der Waals surface area (Å²) in [5.41, 5.74) is 1.68. The van der Waals surface area contributed by atoms with Crippen molar-refractivity contribution in [3.05, 3.63) is 58.0 Å². The van der Waals surface area contributed by atoms with Crippen LogP contribution in [0.2, 0.25) is 0 Å². The lowest BCUT2D eigenvalue weighted by atomic mass is 10.3. The average Bonchev–Trinajstić information content (AvgIpc) is 3.16. The van der Waals surface area contributed by atoms with E-state index in [2.05, 4.69) is 35.9 Å². The van der Waals surface area contributed by atoms with Crippen LogP contribution in [0.4, 0.5) is 5.69 Å². The number of hydrogen-bond acceptors (Lipinski definition) is 5. The van der Waals surface area contributed by atoms with Crippen LogP contribution in [0.25, 0.3) is 0 Å². The number of carbonyl (C=O) groups is 1. The molecule has 10 heteroatoms. The van der Waals surface area contributed by atoms with Gasteiger partial charge >= 0.3 is 0 Å². The van der Waals surface area contributed by atoms with Crippen LogP contribution in [-0.2, 0) is 10.0 Å². The third-order valence-electron chi connectivity index (χ3n) is 3.36. The Morgan fingerprint density at radius 2 is 1.88 bits per heavy atom. The van der Waals surface area contributed by atoms with Gasteiger partial charge < -0.3 is 0 Å². The Morgan fingerprint density at radius 3 is 2.48 bits per heavy atom. The molecule has 3 rings (SSSR count). The number of anilines is 1. The number of nitrogens with zero attached hydrogens (tertiary/aromatic N) is 3. The lowest BCUT2D eigenvalue weighted by molar-refractivity contribution is 0.0937. The van der Waals surface area contributed by atoms with Gasteiger partial charge in [-0.25, -0.2) is 0 Å². The number of nitrogens with one attached hydrogen (secondary N) is 2. The maximum absolute atomic E-state index is 12.4. The number of carbonyl (C=O) groups excluding carboxylic acids is 1. The van der Waals surface area contributed by atoms with Crippen molar-refractivity contribution in [1.82, 2.24) is 20.0 Å². The van der Waals surface area contributed by atoms with Crippen molar-refractivity contribution >= 4 is 37.5 Å². The van der Waals surface area contributed by atoms with Gasteiger partial charge in [-0.15, -0.1) is 0 Å². The molecule has 0 fully saturated rings. The molecule has 0 aliphatic carbocycles. The Bertz CT molecular complexity index is 1040. The van der Waals surface area contributed by atoms with Gasteiger partial charge in [0.1, 0.15) is 0 Å². The second-order valence-corrected chi connectivity index (χ2v) is 7.94. The zero-order valence-corrected chi connectivity index (χ0v) is 15.7. The van der Waals surface area contributed by atoms with E-state index in [1.807, 2.05) is 0 Å². The van der Waals surface area contributed by atoms with E-state index < -0.39 is 15.9 Å². The highest BCUT2D eigenvalue weighted by atomic mass is 79.9. The fourth-order valence-corrected chi connectivity index (χ4v) is 3.48. The normalized spacial score (nSPS) is 11.5. The molecule has 8 nitrogen and oxygen atoms in total. The summed E-state index contributed by atoms with van der Waals surface area (Å²) in [5.74, 6) is -0.507. The van der Waals surface area contributed by atoms with Gasteiger partial charge in [-0.1, -0.05) is 15.9 Å². The zero-order chi connectivity index (χ0) is 18.2. The van der Waals surface area contributed by atoms with E-state index in [1.165, 1.54) is 10.7 Å². The third-order valence-corrected chi connectivity index (χ3v) is 5.18. The van der Waals surface area contributed by atoms with Crippen LogP contribution in [0.15, 0.2) is 45.9 Å². The first-order chi connectivity index (χ1) is 11.8. The Labute approximate surface area is 152 Å².